The number of benzene rings is 2. The van der Waals surface area contributed by atoms with Gasteiger partial charge >= 0.3 is 12.1 Å². The lowest BCUT2D eigenvalue weighted by molar-refractivity contribution is -0.145. The molecule has 7 nitrogen and oxygen atoms in total. The molecule has 0 heterocycles. The highest BCUT2D eigenvalue weighted by Gasteiger charge is 2.35. The molecule has 3 N–H and O–H groups in total. The molecule has 0 radical (unpaired) electrons. The molecule has 3 unspecified atom stereocenters. The summed E-state index contributed by atoms with van der Waals surface area (Å²) in [4.78, 5) is 36.6. The number of carboxylic acid groups (broad SMARTS) is 1. The van der Waals surface area contributed by atoms with E-state index in [1.54, 1.807) is 34.6 Å². The summed E-state index contributed by atoms with van der Waals surface area (Å²) in [6.45, 7) is 8.75. The number of fused-ring (bicyclic) bond motifs is 3. The average molecular weight is 453 g/mol. The number of hydrogen-bond acceptors (Lipinski definition) is 4. The minimum Gasteiger partial charge on any atom is -0.480 e. The zero-order chi connectivity index (χ0) is 24.3. The molecule has 176 valence electrons. The van der Waals surface area contributed by atoms with Crippen LogP contribution in [0.2, 0.25) is 0 Å². The Kier molecular flexibility index (Phi) is 7.10. The molecule has 0 aliphatic heterocycles. The van der Waals surface area contributed by atoms with Crippen molar-refractivity contribution >= 4 is 18.0 Å². The molecule has 33 heavy (non-hydrogen) atoms. The number of ether oxygens (including phenoxy) is 1. The number of alkyl carbamates (subject to hydrolysis) is 1. The number of aliphatic carboxylic acids is 1. The van der Waals surface area contributed by atoms with Crippen LogP contribution in [0.15, 0.2) is 48.5 Å². The first-order valence-electron chi connectivity index (χ1n) is 11.2. The van der Waals surface area contributed by atoms with E-state index in [0.29, 0.717) is 0 Å². The third-order valence-corrected chi connectivity index (χ3v) is 6.25. The van der Waals surface area contributed by atoms with Crippen molar-refractivity contribution in [3.05, 3.63) is 59.7 Å². The Bertz CT molecular complexity index is 997. The number of carbonyl (C=O) groups is 3. The van der Waals surface area contributed by atoms with Gasteiger partial charge in [0.1, 0.15) is 12.6 Å². The van der Waals surface area contributed by atoms with Gasteiger partial charge in [0.2, 0.25) is 5.91 Å². The first-order valence-corrected chi connectivity index (χ1v) is 11.2. The van der Waals surface area contributed by atoms with Gasteiger partial charge in [0.25, 0.3) is 0 Å². The second kappa shape index (κ2) is 9.65. The fourth-order valence-electron chi connectivity index (χ4n) is 4.10. The maximum absolute atomic E-state index is 12.6. The molecule has 2 aromatic rings. The lowest BCUT2D eigenvalue weighted by Crippen LogP contribution is -2.53. The van der Waals surface area contributed by atoms with Gasteiger partial charge in [-0.15, -0.1) is 0 Å². The minimum atomic E-state index is -1.10. The number of carbonyl (C=O) groups excluding carboxylic acids is 2. The van der Waals surface area contributed by atoms with Gasteiger partial charge in [-0.2, -0.15) is 0 Å². The van der Waals surface area contributed by atoms with Crippen molar-refractivity contribution in [3.63, 3.8) is 0 Å². The Labute approximate surface area is 194 Å². The monoisotopic (exact) mass is 452 g/mol. The summed E-state index contributed by atoms with van der Waals surface area (Å²) in [7, 11) is 0. The van der Waals surface area contributed by atoms with Crippen molar-refractivity contribution in [2.24, 2.45) is 11.3 Å². The highest BCUT2D eigenvalue weighted by Crippen LogP contribution is 2.44. The maximum Gasteiger partial charge on any atom is 0.407 e. The van der Waals surface area contributed by atoms with Crippen molar-refractivity contribution in [2.45, 2.75) is 52.6 Å². The van der Waals surface area contributed by atoms with Crippen LogP contribution in [-0.4, -0.2) is 41.8 Å². The second-order valence-corrected chi connectivity index (χ2v) is 9.69. The van der Waals surface area contributed by atoms with Gasteiger partial charge in [0.05, 0.1) is 5.92 Å². The quantitative estimate of drug-likeness (QED) is 0.585. The standard InChI is InChI=1S/C26H32N2O5/c1-15(23(29)28-22(24(30)31)26(3,4)5)16(2)27-25(32)33-14-21-19-12-8-6-10-17(19)18-11-7-9-13-20(18)21/h6-13,15-16,21-22H,14H2,1-5H3,(H,27,32)(H,28,29)(H,30,31). The van der Waals surface area contributed by atoms with E-state index in [9.17, 15) is 19.5 Å². The molecule has 0 aromatic heterocycles. The minimum absolute atomic E-state index is 0.0534. The van der Waals surface area contributed by atoms with E-state index in [1.807, 2.05) is 36.4 Å². The average Bonchev–Trinajstić information content (AvgIpc) is 3.08. The normalized spacial score (nSPS) is 15.5. The van der Waals surface area contributed by atoms with Crippen LogP contribution in [0, 0.1) is 11.3 Å². The smallest absolute Gasteiger partial charge is 0.407 e. The number of amides is 2. The summed E-state index contributed by atoms with van der Waals surface area (Å²) in [6.07, 6.45) is -0.616. The van der Waals surface area contributed by atoms with Gasteiger partial charge in [-0.3, -0.25) is 4.79 Å². The highest BCUT2D eigenvalue weighted by atomic mass is 16.5. The van der Waals surface area contributed by atoms with E-state index in [2.05, 4.69) is 22.8 Å². The van der Waals surface area contributed by atoms with E-state index in [1.165, 1.54) is 0 Å². The van der Waals surface area contributed by atoms with Gasteiger partial charge in [-0.25, -0.2) is 9.59 Å². The molecule has 2 amide bonds. The molecule has 0 fully saturated rings. The van der Waals surface area contributed by atoms with Gasteiger partial charge < -0.3 is 20.5 Å². The van der Waals surface area contributed by atoms with Crippen LogP contribution in [-0.2, 0) is 14.3 Å². The Morgan fingerprint density at radius 1 is 0.939 bits per heavy atom. The molecular weight excluding hydrogens is 420 g/mol. The summed E-state index contributed by atoms with van der Waals surface area (Å²) >= 11 is 0. The van der Waals surface area contributed by atoms with Crippen molar-refractivity contribution in [1.82, 2.24) is 10.6 Å². The molecule has 0 saturated heterocycles. The zero-order valence-electron chi connectivity index (χ0n) is 19.7. The van der Waals surface area contributed by atoms with Crippen molar-refractivity contribution in [3.8, 4) is 11.1 Å². The van der Waals surface area contributed by atoms with Crippen LogP contribution < -0.4 is 10.6 Å². The fraction of sp³-hybridized carbons (Fsp3) is 0.423. The molecule has 0 bridgehead atoms. The largest absolute Gasteiger partial charge is 0.480 e. The summed E-state index contributed by atoms with van der Waals surface area (Å²) in [5, 5.41) is 14.7. The maximum atomic E-state index is 12.6. The van der Waals surface area contributed by atoms with Gasteiger partial charge in [-0.05, 0) is 34.6 Å². The molecule has 7 heteroatoms. The highest BCUT2D eigenvalue weighted by molar-refractivity contribution is 5.86. The number of carboxylic acids is 1. The molecule has 0 spiro atoms. The summed E-state index contributed by atoms with van der Waals surface area (Å²) < 4.78 is 5.54. The fourth-order valence-corrected chi connectivity index (χ4v) is 4.10. The summed E-state index contributed by atoms with van der Waals surface area (Å²) in [6, 6.07) is 14.6. The Balaban J connectivity index is 1.59. The predicted molar refractivity (Wildman–Crippen MR) is 126 cm³/mol. The third kappa shape index (κ3) is 5.35. The number of rotatable bonds is 7. The second-order valence-electron chi connectivity index (χ2n) is 9.69. The lowest BCUT2D eigenvalue weighted by atomic mass is 9.86. The Morgan fingerprint density at radius 3 is 1.94 bits per heavy atom. The third-order valence-electron chi connectivity index (χ3n) is 6.25. The van der Waals surface area contributed by atoms with E-state index in [0.717, 1.165) is 22.3 Å². The Morgan fingerprint density at radius 2 is 1.45 bits per heavy atom. The van der Waals surface area contributed by atoms with E-state index in [4.69, 9.17) is 4.74 Å². The number of hydrogen-bond donors (Lipinski definition) is 3. The Hall–Kier alpha value is -3.35. The molecule has 0 saturated carbocycles. The van der Waals surface area contributed by atoms with E-state index < -0.39 is 41.4 Å². The van der Waals surface area contributed by atoms with Crippen molar-refractivity contribution < 1.29 is 24.2 Å². The zero-order valence-corrected chi connectivity index (χ0v) is 19.7. The summed E-state index contributed by atoms with van der Waals surface area (Å²) in [5.74, 6) is -2.24. The topological polar surface area (TPSA) is 105 Å². The summed E-state index contributed by atoms with van der Waals surface area (Å²) in [5.41, 5.74) is 3.88. The van der Waals surface area contributed by atoms with Gasteiger partial charge in [0.15, 0.2) is 0 Å². The van der Waals surface area contributed by atoms with E-state index >= 15 is 0 Å². The lowest BCUT2D eigenvalue weighted by Gasteiger charge is -2.30. The van der Waals surface area contributed by atoms with Crippen LogP contribution >= 0.6 is 0 Å². The van der Waals surface area contributed by atoms with Crippen molar-refractivity contribution in [2.75, 3.05) is 6.61 Å². The van der Waals surface area contributed by atoms with Crippen LogP contribution in [0.1, 0.15) is 51.7 Å². The van der Waals surface area contributed by atoms with Crippen molar-refractivity contribution in [1.29, 1.82) is 0 Å². The van der Waals surface area contributed by atoms with Crippen LogP contribution in [0.5, 0.6) is 0 Å². The first kappa shape index (κ1) is 24.3. The number of nitrogens with one attached hydrogen (secondary N) is 2. The molecule has 3 atom stereocenters. The molecule has 3 rings (SSSR count). The molecule has 1 aliphatic carbocycles. The van der Waals surface area contributed by atoms with Crippen LogP contribution in [0.25, 0.3) is 11.1 Å². The molecule has 1 aliphatic rings. The SMILES string of the molecule is CC(NC(=O)OCC1c2ccccc2-c2ccccc21)C(C)C(=O)NC(C(=O)O)C(C)(C)C. The van der Waals surface area contributed by atoms with Gasteiger partial charge in [-0.1, -0.05) is 76.2 Å². The van der Waals surface area contributed by atoms with E-state index in [-0.39, 0.29) is 12.5 Å². The first-order chi connectivity index (χ1) is 15.5. The molecule has 2 aromatic carbocycles. The van der Waals surface area contributed by atoms with Crippen LogP contribution in [0.3, 0.4) is 0 Å². The molecular formula is C26H32N2O5. The van der Waals surface area contributed by atoms with Crippen LogP contribution in [0.4, 0.5) is 4.79 Å². The predicted octanol–water partition coefficient (Wildman–Crippen LogP) is 4.17. The van der Waals surface area contributed by atoms with Gasteiger partial charge in [0, 0.05) is 12.0 Å².